The third-order valence-corrected chi connectivity index (χ3v) is 7.17. The zero-order valence-corrected chi connectivity index (χ0v) is 18.9. The predicted molar refractivity (Wildman–Crippen MR) is 125 cm³/mol. The normalized spacial score (nSPS) is 16.1. The van der Waals surface area contributed by atoms with E-state index in [9.17, 15) is 0 Å². The van der Waals surface area contributed by atoms with Crippen LogP contribution in [0.15, 0.2) is 53.2 Å². The second-order valence-electron chi connectivity index (χ2n) is 8.71. The molecule has 1 aromatic heterocycles. The van der Waals surface area contributed by atoms with Gasteiger partial charge in [-0.3, -0.25) is 0 Å². The second kappa shape index (κ2) is 6.50. The highest BCUT2D eigenvalue weighted by Gasteiger charge is 2.52. The van der Waals surface area contributed by atoms with Crippen LogP contribution in [0.4, 0.5) is 11.4 Å². The van der Waals surface area contributed by atoms with Crippen molar-refractivity contribution in [1.29, 1.82) is 0 Å². The van der Waals surface area contributed by atoms with Crippen molar-refractivity contribution in [2.45, 2.75) is 47.5 Å². The van der Waals surface area contributed by atoms with Gasteiger partial charge in [-0.05, 0) is 75.2 Å². The highest BCUT2D eigenvalue weighted by Crippen LogP contribution is 2.59. The Labute approximate surface area is 178 Å². The molecule has 0 spiro atoms. The minimum Gasteiger partial charge on any atom is -0.323 e. The fourth-order valence-corrected chi connectivity index (χ4v) is 6.22. The number of aryl methyl sites for hydroxylation is 6. The van der Waals surface area contributed by atoms with Crippen LogP contribution >= 0.6 is 11.3 Å². The molecule has 0 atom stereocenters. The molecule has 3 heteroatoms. The van der Waals surface area contributed by atoms with Gasteiger partial charge in [0.05, 0.1) is 24.0 Å². The molecule has 0 fully saturated rings. The first-order valence-corrected chi connectivity index (χ1v) is 11.2. The summed E-state index contributed by atoms with van der Waals surface area (Å²) in [6, 6.07) is 13.7. The first-order chi connectivity index (χ1) is 13.9. The first-order valence-electron chi connectivity index (χ1n) is 10.3. The average Bonchev–Trinajstić information content (AvgIpc) is 2.96. The van der Waals surface area contributed by atoms with E-state index >= 15 is 0 Å². The van der Waals surface area contributed by atoms with Gasteiger partial charge in [-0.25, -0.2) is 0 Å². The molecule has 29 heavy (non-hydrogen) atoms. The topological polar surface area (TPSA) is 6.48 Å². The fourth-order valence-electron chi connectivity index (χ4n) is 5.39. The van der Waals surface area contributed by atoms with E-state index in [0.717, 1.165) is 6.67 Å². The van der Waals surface area contributed by atoms with Gasteiger partial charge in [0.2, 0.25) is 0 Å². The largest absolute Gasteiger partial charge is 0.323 e. The zero-order valence-electron chi connectivity index (χ0n) is 18.1. The van der Waals surface area contributed by atoms with Crippen LogP contribution in [0, 0.1) is 41.5 Å². The maximum absolute atomic E-state index is 2.57. The molecule has 2 heterocycles. The van der Waals surface area contributed by atoms with Gasteiger partial charge in [0.25, 0.3) is 0 Å². The van der Waals surface area contributed by atoms with Crippen LogP contribution in [-0.2, 0) is 0 Å². The molecule has 0 N–H and O–H groups in total. The van der Waals surface area contributed by atoms with Gasteiger partial charge in [-0.2, -0.15) is 0 Å². The van der Waals surface area contributed by atoms with E-state index in [0.29, 0.717) is 5.92 Å². The molecule has 2 aliphatic rings. The van der Waals surface area contributed by atoms with Crippen molar-refractivity contribution < 1.29 is 0 Å². The molecular weight excluding hydrogens is 372 g/mol. The lowest BCUT2D eigenvalue weighted by atomic mass is 10.0. The zero-order chi connectivity index (χ0) is 20.4. The van der Waals surface area contributed by atoms with Gasteiger partial charge in [0, 0.05) is 16.3 Å². The van der Waals surface area contributed by atoms with E-state index in [2.05, 4.69) is 93.1 Å². The molecule has 2 nitrogen and oxygen atoms in total. The van der Waals surface area contributed by atoms with Crippen LogP contribution < -0.4 is 9.80 Å². The highest BCUT2D eigenvalue weighted by atomic mass is 32.1. The molecule has 0 amide bonds. The highest BCUT2D eigenvalue weighted by molar-refractivity contribution is 7.10. The summed E-state index contributed by atoms with van der Waals surface area (Å²) in [5.74, 6) is 0.434. The van der Waals surface area contributed by atoms with Crippen LogP contribution in [0.3, 0.4) is 0 Å². The molecule has 5 rings (SSSR count). The lowest BCUT2D eigenvalue weighted by molar-refractivity contribution is 0.834. The molecule has 0 bridgehead atoms. The Morgan fingerprint density at radius 1 is 0.724 bits per heavy atom. The third-order valence-electron chi connectivity index (χ3n) is 6.23. The SMILES string of the molecule is Cc1cc(C)c(N2CN(c3c(C)cc(C)cc3C)C3=C2C3c2cccs2)c(C)c1. The van der Waals surface area contributed by atoms with E-state index < -0.39 is 0 Å². The summed E-state index contributed by atoms with van der Waals surface area (Å²) in [6.45, 7) is 14.3. The van der Waals surface area contributed by atoms with E-state index in [1.807, 2.05) is 11.3 Å². The van der Waals surface area contributed by atoms with Crippen molar-refractivity contribution in [3.8, 4) is 0 Å². The molecule has 2 aromatic carbocycles. The minimum absolute atomic E-state index is 0.434. The molecular formula is C26H28N2S. The van der Waals surface area contributed by atoms with Crippen LogP contribution in [0.2, 0.25) is 0 Å². The maximum atomic E-state index is 2.57. The Balaban J connectivity index is 1.63. The van der Waals surface area contributed by atoms with Gasteiger partial charge in [0.1, 0.15) is 0 Å². The summed E-state index contributed by atoms with van der Waals surface area (Å²) >= 11 is 1.87. The number of allylic oxidation sites excluding steroid dienone is 2. The third kappa shape index (κ3) is 2.83. The Hall–Kier alpha value is -2.52. The Bertz CT molecular complexity index is 1030. The number of hydrogen-bond acceptors (Lipinski definition) is 3. The number of hydrogen-bond donors (Lipinski definition) is 0. The number of rotatable bonds is 3. The van der Waals surface area contributed by atoms with Crippen molar-refractivity contribution in [3.05, 3.63) is 91.4 Å². The van der Waals surface area contributed by atoms with E-state index in [1.54, 1.807) is 0 Å². The number of thiophene rings is 1. The lowest BCUT2D eigenvalue weighted by Crippen LogP contribution is -2.34. The Morgan fingerprint density at radius 2 is 1.17 bits per heavy atom. The van der Waals surface area contributed by atoms with Gasteiger partial charge < -0.3 is 9.80 Å². The van der Waals surface area contributed by atoms with E-state index in [-0.39, 0.29) is 0 Å². The van der Waals surface area contributed by atoms with Gasteiger partial charge in [-0.15, -0.1) is 11.3 Å². The number of benzene rings is 2. The molecule has 0 radical (unpaired) electrons. The quantitative estimate of drug-likeness (QED) is 0.472. The molecule has 1 aliphatic heterocycles. The summed E-state index contributed by atoms with van der Waals surface area (Å²) in [5.41, 5.74) is 13.9. The molecule has 148 valence electrons. The van der Waals surface area contributed by atoms with Crippen molar-refractivity contribution in [3.63, 3.8) is 0 Å². The average molecular weight is 401 g/mol. The maximum Gasteiger partial charge on any atom is 0.0996 e. The van der Waals surface area contributed by atoms with Gasteiger partial charge in [0.15, 0.2) is 0 Å². The van der Waals surface area contributed by atoms with Gasteiger partial charge in [-0.1, -0.05) is 41.5 Å². The number of nitrogens with zero attached hydrogens (tertiary/aromatic N) is 2. The minimum atomic E-state index is 0.434. The van der Waals surface area contributed by atoms with E-state index in [4.69, 9.17) is 0 Å². The fraction of sp³-hybridized carbons (Fsp3) is 0.308. The summed E-state index contributed by atoms with van der Waals surface area (Å²) in [7, 11) is 0. The van der Waals surface area contributed by atoms with Gasteiger partial charge >= 0.3 is 0 Å². The molecule has 0 saturated heterocycles. The van der Waals surface area contributed by atoms with Crippen molar-refractivity contribution in [1.82, 2.24) is 0 Å². The number of anilines is 2. The Kier molecular flexibility index (Phi) is 4.15. The van der Waals surface area contributed by atoms with Crippen LogP contribution in [0.1, 0.15) is 44.2 Å². The molecule has 1 aliphatic carbocycles. The summed E-state index contributed by atoms with van der Waals surface area (Å²) in [5, 5.41) is 2.20. The van der Waals surface area contributed by atoms with Crippen LogP contribution in [0.25, 0.3) is 0 Å². The summed E-state index contributed by atoms with van der Waals surface area (Å²) in [4.78, 5) is 6.60. The predicted octanol–water partition coefficient (Wildman–Crippen LogP) is 6.89. The van der Waals surface area contributed by atoms with Crippen molar-refractivity contribution in [2.75, 3.05) is 16.5 Å². The van der Waals surface area contributed by atoms with E-state index in [1.165, 1.54) is 61.0 Å². The Morgan fingerprint density at radius 3 is 1.55 bits per heavy atom. The van der Waals surface area contributed by atoms with Crippen molar-refractivity contribution in [2.24, 2.45) is 0 Å². The first kappa shape index (κ1) is 18.5. The molecule has 3 aromatic rings. The lowest BCUT2D eigenvalue weighted by Gasteiger charge is -2.33. The summed E-state index contributed by atoms with van der Waals surface area (Å²) < 4.78 is 0. The monoisotopic (exact) mass is 400 g/mol. The standard InChI is InChI=1S/C26H28N2S/c1-15-10-17(3)23(18(4)11-15)27-14-28(24-19(5)12-16(2)13-20(24)6)26-22(25(26)27)21-8-7-9-29-21/h7-13,22H,14H2,1-6H3. The summed E-state index contributed by atoms with van der Waals surface area (Å²) in [6.07, 6.45) is 0. The molecule has 0 unspecified atom stereocenters. The smallest absolute Gasteiger partial charge is 0.0996 e. The van der Waals surface area contributed by atoms with Crippen LogP contribution in [-0.4, -0.2) is 6.67 Å². The van der Waals surface area contributed by atoms with Crippen LogP contribution in [0.5, 0.6) is 0 Å². The molecule has 0 saturated carbocycles. The van der Waals surface area contributed by atoms with Crippen molar-refractivity contribution >= 4 is 22.7 Å². The second-order valence-corrected chi connectivity index (χ2v) is 9.69.